The van der Waals surface area contributed by atoms with Gasteiger partial charge < -0.3 is 10.2 Å². The van der Waals surface area contributed by atoms with Crippen LogP contribution in [0, 0.1) is 13.8 Å². The molecule has 0 saturated carbocycles. The zero-order chi connectivity index (χ0) is 25.6. The van der Waals surface area contributed by atoms with Crippen LogP contribution in [0.2, 0.25) is 10.0 Å². The van der Waals surface area contributed by atoms with Crippen molar-refractivity contribution in [2.75, 3.05) is 24.2 Å². The van der Waals surface area contributed by atoms with Gasteiger partial charge in [0.25, 0.3) is 0 Å². The number of hydrogen-bond acceptors (Lipinski definition) is 4. The molecule has 10 heteroatoms. The lowest BCUT2D eigenvalue weighted by Crippen LogP contribution is -2.47. The molecule has 0 bridgehead atoms. The summed E-state index contributed by atoms with van der Waals surface area (Å²) in [6.07, 6.45) is 1.46. The summed E-state index contributed by atoms with van der Waals surface area (Å²) in [5.74, 6) is -0.633. The number of likely N-dealkylation sites (N-methyl/N-ethyl adjacent to an activating group) is 1. The smallest absolute Gasteiger partial charge is 0.242 e. The number of anilines is 1. The molecule has 2 rings (SSSR count). The summed E-state index contributed by atoms with van der Waals surface area (Å²) in [5, 5.41) is 3.35. The fourth-order valence-corrected chi connectivity index (χ4v) is 5.15. The van der Waals surface area contributed by atoms with E-state index in [0.717, 1.165) is 17.4 Å². The molecule has 2 aromatic rings. The molecule has 0 fully saturated rings. The quantitative estimate of drug-likeness (QED) is 0.498. The van der Waals surface area contributed by atoms with Crippen LogP contribution in [0.15, 0.2) is 36.4 Å². The van der Waals surface area contributed by atoms with Gasteiger partial charge in [-0.15, -0.1) is 0 Å². The second-order valence-corrected chi connectivity index (χ2v) is 11.0. The number of rotatable bonds is 10. The molecule has 0 aliphatic heterocycles. The van der Waals surface area contributed by atoms with Crippen LogP contribution in [0.25, 0.3) is 0 Å². The number of sulfonamides is 1. The van der Waals surface area contributed by atoms with Gasteiger partial charge in [0.15, 0.2) is 0 Å². The van der Waals surface area contributed by atoms with Crippen molar-refractivity contribution < 1.29 is 18.0 Å². The first-order valence-electron chi connectivity index (χ1n) is 10.9. The largest absolute Gasteiger partial charge is 0.357 e. The highest BCUT2D eigenvalue weighted by Crippen LogP contribution is 2.28. The molecular weight excluding hydrogens is 497 g/mol. The number of hydrogen-bond donors (Lipinski definition) is 1. The summed E-state index contributed by atoms with van der Waals surface area (Å²) in [6, 6.07) is 9.88. The van der Waals surface area contributed by atoms with Crippen LogP contribution in [0.1, 0.15) is 36.5 Å². The molecule has 0 unspecified atom stereocenters. The number of amides is 2. The van der Waals surface area contributed by atoms with Gasteiger partial charge in [-0.05, 0) is 56.5 Å². The molecule has 1 N–H and O–H groups in total. The maximum absolute atomic E-state index is 13.2. The van der Waals surface area contributed by atoms with Gasteiger partial charge in [0.1, 0.15) is 6.04 Å². The van der Waals surface area contributed by atoms with E-state index in [9.17, 15) is 18.0 Å². The molecule has 34 heavy (non-hydrogen) atoms. The van der Waals surface area contributed by atoms with Crippen LogP contribution in [0.4, 0.5) is 5.69 Å². The first-order valence-corrected chi connectivity index (χ1v) is 13.5. The highest BCUT2D eigenvalue weighted by molar-refractivity contribution is 7.92. The van der Waals surface area contributed by atoms with Crippen molar-refractivity contribution in [3.05, 3.63) is 63.1 Å². The van der Waals surface area contributed by atoms with E-state index in [1.54, 1.807) is 25.1 Å². The molecule has 186 valence electrons. The van der Waals surface area contributed by atoms with Crippen molar-refractivity contribution in [1.82, 2.24) is 10.2 Å². The zero-order valence-electron chi connectivity index (χ0n) is 20.1. The Hall–Kier alpha value is -2.29. The fraction of sp³-hybridized carbons (Fsp3) is 0.417. The van der Waals surface area contributed by atoms with Crippen LogP contribution in [0.3, 0.4) is 0 Å². The summed E-state index contributed by atoms with van der Waals surface area (Å²) >= 11 is 12.6. The normalized spacial score (nSPS) is 12.2. The van der Waals surface area contributed by atoms with Crippen molar-refractivity contribution in [3.8, 4) is 0 Å². The van der Waals surface area contributed by atoms with E-state index >= 15 is 0 Å². The number of halogens is 2. The third kappa shape index (κ3) is 7.10. The van der Waals surface area contributed by atoms with Crippen LogP contribution in [0.5, 0.6) is 0 Å². The average molecular weight is 529 g/mol. The van der Waals surface area contributed by atoms with E-state index in [2.05, 4.69) is 5.32 Å². The van der Waals surface area contributed by atoms with Crippen LogP contribution in [-0.4, -0.2) is 51.0 Å². The van der Waals surface area contributed by atoms with Crippen molar-refractivity contribution in [2.45, 2.75) is 46.2 Å². The molecule has 0 aliphatic rings. The highest BCUT2D eigenvalue weighted by Gasteiger charge is 2.27. The molecule has 0 saturated heterocycles. The third-order valence-corrected chi connectivity index (χ3v) is 7.48. The number of benzene rings is 2. The Morgan fingerprint density at radius 2 is 1.71 bits per heavy atom. The van der Waals surface area contributed by atoms with Gasteiger partial charge in [0, 0.05) is 42.2 Å². The minimum Gasteiger partial charge on any atom is -0.357 e. The Morgan fingerprint density at radius 3 is 2.26 bits per heavy atom. The number of nitrogens with one attached hydrogen (secondary N) is 1. The third-order valence-electron chi connectivity index (χ3n) is 5.59. The predicted octanol–water partition coefficient (Wildman–Crippen LogP) is 4.32. The molecular formula is C24H31Cl2N3O4S. The average Bonchev–Trinajstić information content (AvgIpc) is 2.76. The Labute approximate surface area is 212 Å². The minimum atomic E-state index is -3.56. The summed E-state index contributed by atoms with van der Waals surface area (Å²) in [7, 11) is -2.06. The Bertz CT molecular complexity index is 1130. The maximum atomic E-state index is 13.2. The fourth-order valence-electron chi connectivity index (χ4n) is 3.62. The van der Waals surface area contributed by atoms with Crippen molar-refractivity contribution in [3.63, 3.8) is 0 Å². The minimum absolute atomic E-state index is 0.0420. The lowest BCUT2D eigenvalue weighted by atomic mass is 10.1. The molecule has 2 aromatic carbocycles. The van der Waals surface area contributed by atoms with Crippen LogP contribution in [-0.2, 0) is 26.2 Å². The van der Waals surface area contributed by atoms with E-state index in [1.807, 2.05) is 32.0 Å². The predicted molar refractivity (Wildman–Crippen MR) is 138 cm³/mol. The molecule has 7 nitrogen and oxygen atoms in total. The molecule has 0 radical (unpaired) electrons. The van der Waals surface area contributed by atoms with E-state index < -0.39 is 16.1 Å². The first-order chi connectivity index (χ1) is 15.9. The number of nitrogens with zero attached hydrogens (tertiary/aromatic N) is 2. The summed E-state index contributed by atoms with van der Waals surface area (Å²) in [6.45, 7) is 5.55. The Kier molecular flexibility index (Phi) is 9.79. The molecule has 0 aliphatic carbocycles. The van der Waals surface area contributed by atoms with E-state index in [0.29, 0.717) is 21.3 Å². The van der Waals surface area contributed by atoms with Crippen molar-refractivity contribution >= 4 is 50.7 Å². The van der Waals surface area contributed by atoms with Gasteiger partial charge in [-0.2, -0.15) is 0 Å². The monoisotopic (exact) mass is 527 g/mol. The van der Waals surface area contributed by atoms with Gasteiger partial charge in [0.05, 0.1) is 11.9 Å². The first kappa shape index (κ1) is 28.0. The number of aryl methyl sites for hydroxylation is 2. The lowest BCUT2D eigenvalue weighted by molar-refractivity contribution is -0.140. The highest BCUT2D eigenvalue weighted by atomic mass is 35.5. The molecule has 0 spiro atoms. The molecule has 0 aromatic heterocycles. The van der Waals surface area contributed by atoms with E-state index in [-0.39, 0.29) is 37.7 Å². The van der Waals surface area contributed by atoms with Gasteiger partial charge >= 0.3 is 0 Å². The van der Waals surface area contributed by atoms with Gasteiger partial charge in [-0.3, -0.25) is 13.9 Å². The molecule has 1 atom stereocenters. The topological polar surface area (TPSA) is 86.8 Å². The SMILES string of the molecule is CNC(=O)[C@H](C)N(Cc1c(Cl)cccc1Cl)C(=O)CCCN(c1cc(C)ccc1C)S(C)(=O)=O. The summed E-state index contributed by atoms with van der Waals surface area (Å²) in [5.41, 5.74) is 2.90. The Morgan fingerprint density at radius 1 is 1.09 bits per heavy atom. The van der Waals surface area contributed by atoms with Gasteiger partial charge in [0.2, 0.25) is 21.8 Å². The number of carbonyl (C=O) groups is 2. The maximum Gasteiger partial charge on any atom is 0.242 e. The number of carbonyl (C=O) groups excluding carboxylic acids is 2. The van der Waals surface area contributed by atoms with Crippen LogP contribution >= 0.6 is 23.2 Å². The molecule has 0 heterocycles. The second kappa shape index (κ2) is 11.9. The van der Waals surface area contributed by atoms with Gasteiger partial charge in [-0.1, -0.05) is 41.4 Å². The van der Waals surface area contributed by atoms with Crippen LogP contribution < -0.4 is 9.62 Å². The lowest BCUT2D eigenvalue weighted by Gasteiger charge is -2.30. The standard InChI is InChI=1S/C24H31Cl2N3O4S/c1-16-11-12-17(2)22(14-16)29(34(5,32)33)13-7-10-23(30)28(18(3)24(31)27-4)15-19-20(25)8-6-9-21(19)26/h6,8-9,11-12,14,18H,7,10,13,15H2,1-5H3,(H,27,31)/t18-/m0/s1. The zero-order valence-corrected chi connectivity index (χ0v) is 22.4. The van der Waals surface area contributed by atoms with Gasteiger partial charge in [-0.25, -0.2) is 8.42 Å². The van der Waals surface area contributed by atoms with Crippen molar-refractivity contribution in [2.24, 2.45) is 0 Å². The van der Waals surface area contributed by atoms with E-state index in [4.69, 9.17) is 23.2 Å². The summed E-state index contributed by atoms with van der Waals surface area (Å²) in [4.78, 5) is 27.0. The van der Waals surface area contributed by atoms with E-state index in [1.165, 1.54) is 16.3 Å². The van der Waals surface area contributed by atoms with Crippen molar-refractivity contribution in [1.29, 1.82) is 0 Å². The Balaban J connectivity index is 2.23. The summed E-state index contributed by atoms with van der Waals surface area (Å²) < 4.78 is 26.3. The second-order valence-electron chi connectivity index (χ2n) is 8.24. The molecule has 2 amide bonds.